The van der Waals surface area contributed by atoms with Gasteiger partial charge < -0.3 is 15.4 Å². The summed E-state index contributed by atoms with van der Waals surface area (Å²) in [6.07, 6.45) is 1.88. The largest absolute Gasteiger partial charge is 0.467 e. The van der Waals surface area contributed by atoms with Crippen LogP contribution in [0.4, 0.5) is 0 Å². The van der Waals surface area contributed by atoms with Crippen molar-refractivity contribution in [3.8, 4) is 0 Å². The predicted molar refractivity (Wildman–Crippen MR) is 64.4 cm³/mol. The molecule has 0 radical (unpaired) electrons. The quantitative estimate of drug-likeness (QED) is 0.696. The van der Waals surface area contributed by atoms with Crippen LogP contribution < -0.4 is 10.6 Å². The first-order valence-electron chi connectivity index (χ1n) is 6.15. The molecule has 2 N–H and O–H groups in total. The Hall–Kier alpha value is -1.10. The van der Waals surface area contributed by atoms with Gasteiger partial charge in [-0.05, 0) is 25.3 Å². The van der Waals surface area contributed by atoms with Crippen LogP contribution >= 0.6 is 0 Å². The molecular formula is C12H22N2O3. The number of ether oxygens (including phenoxy) is 1. The summed E-state index contributed by atoms with van der Waals surface area (Å²) in [4.78, 5) is 23.5. The number of hydrogen-bond acceptors (Lipinski definition) is 4. The van der Waals surface area contributed by atoms with Crippen LogP contribution in [0.15, 0.2) is 0 Å². The van der Waals surface area contributed by atoms with Crippen LogP contribution in [0.25, 0.3) is 0 Å². The lowest BCUT2D eigenvalue weighted by Crippen LogP contribution is -2.49. The highest BCUT2D eigenvalue weighted by Gasteiger charge is 2.28. The van der Waals surface area contributed by atoms with Crippen LogP contribution in [-0.2, 0) is 14.3 Å². The molecule has 0 bridgehead atoms. The summed E-state index contributed by atoms with van der Waals surface area (Å²) in [5.74, 6) is -0.434. The molecule has 1 aliphatic rings. The molecule has 2 atom stereocenters. The number of nitrogens with one attached hydrogen (secondary N) is 2. The van der Waals surface area contributed by atoms with E-state index >= 15 is 0 Å². The summed E-state index contributed by atoms with van der Waals surface area (Å²) in [7, 11) is 1.34. The molecule has 1 rings (SSSR count). The topological polar surface area (TPSA) is 67.4 Å². The van der Waals surface area contributed by atoms with E-state index in [1.165, 1.54) is 7.11 Å². The van der Waals surface area contributed by atoms with E-state index in [2.05, 4.69) is 10.6 Å². The number of piperidine rings is 1. The van der Waals surface area contributed by atoms with Gasteiger partial charge in [-0.15, -0.1) is 0 Å². The average molecular weight is 242 g/mol. The second-order valence-electron chi connectivity index (χ2n) is 4.80. The van der Waals surface area contributed by atoms with Crippen LogP contribution in [0.1, 0.15) is 26.7 Å². The zero-order valence-electron chi connectivity index (χ0n) is 10.8. The Balaban J connectivity index is 2.54. The van der Waals surface area contributed by atoms with Crippen molar-refractivity contribution in [2.24, 2.45) is 11.8 Å². The molecule has 1 heterocycles. The van der Waals surface area contributed by atoms with E-state index in [4.69, 9.17) is 4.74 Å². The van der Waals surface area contributed by atoms with Gasteiger partial charge in [0.05, 0.1) is 13.0 Å². The monoisotopic (exact) mass is 242 g/mol. The molecule has 1 aliphatic heterocycles. The molecule has 1 fully saturated rings. The highest BCUT2D eigenvalue weighted by Crippen LogP contribution is 2.12. The van der Waals surface area contributed by atoms with Gasteiger partial charge >= 0.3 is 5.97 Å². The molecule has 5 heteroatoms. The number of carbonyl (C=O) groups is 2. The van der Waals surface area contributed by atoms with Gasteiger partial charge in [-0.25, -0.2) is 4.79 Å². The van der Waals surface area contributed by atoms with Gasteiger partial charge in [-0.3, -0.25) is 4.79 Å². The molecule has 0 aromatic rings. The van der Waals surface area contributed by atoms with Crippen molar-refractivity contribution in [1.29, 1.82) is 0 Å². The predicted octanol–water partition coefficient (Wildman–Crippen LogP) is 0.300. The smallest absolute Gasteiger partial charge is 0.328 e. The van der Waals surface area contributed by atoms with E-state index in [9.17, 15) is 9.59 Å². The molecule has 0 aromatic heterocycles. The molecule has 1 amide bonds. The molecule has 0 aromatic carbocycles. The van der Waals surface area contributed by atoms with Gasteiger partial charge in [0.1, 0.15) is 6.04 Å². The molecule has 17 heavy (non-hydrogen) atoms. The highest BCUT2D eigenvalue weighted by atomic mass is 16.5. The van der Waals surface area contributed by atoms with Crippen LogP contribution in [0.2, 0.25) is 0 Å². The molecule has 0 saturated carbocycles. The standard InChI is InChI=1S/C12H22N2O3/c1-8(2)10(12(16)17-3)14-11(15)9-5-4-6-13-7-9/h8-10,13H,4-7H2,1-3H3,(H,14,15). The Morgan fingerprint density at radius 3 is 2.59 bits per heavy atom. The fourth-order valence-electron chi connectivity index (χ4n) is 1.97. The minimum absolute atomic E-state index is 0.0305. The first-order valence-corrected chi connectivity index (χ1v) is 6.15. The molecular weight excluding hydrogens is 220 g/mol. The molecule has 5 nitrogen and oxygen atoms in total. The number of rotatable bonds is 4. The van der Waals surface area contributed by atoms with Crippen molar-refractivity contribution in [3.05, 3.63) is 0 Å². The summed E-state index contributed by atoms with van der Waals surface area (Å²) in [5.41, 5.74) is 0. The third-order valence-electron chi connectivity index (χ3n) is 3.09. The van der Waals surface area contributed by atoms with E-state index in [-0.39, 0.29) is 23.7 Å². The summed E-state index contributed by atoms with van der Waals surface area (Å²) in [5, 5.41) is 5.97. The zero-order chi connectivity index (χ0) is 12.8. The van der Waals surface area contributed by atoms with Crippen molar-refractivity contribution < 1.29 is 14.3 Å². The Morgan fingerprint density at radius 2 is 2.12 bits per heavy atom. The van der Waals surface area contributed by atoms with E-state index < -0.39 is 6.04 Å². The number of methoxy groups -OCH3 is 1. The van der Waals surface area contributed by atoms with Crippen LogP contribution in [0.3, 0.4) is 0 Å². The number of esters is 1. The molecule has 1 saturated heterocycles. The fourth-order valence-corrected chi connectivity index (χ4v) is 1.97. The van der Waals surface area contributed by atoms with Crippen molar-refractivity contribution in [2.75, 3.05) is 20.2 Å². The third kappa shape index (κ3) is 4.00. The van der Waals surface area contributed by atoms with E-state index in [0.717, 1.165) is 19.4 Å². The zero-order valence-corrected chi connectivity index (χ0v) is 10.8. The number of amides is 1. The van der Waals surface area contributed by atoms with Gasteiger partial charge in [0.2, 0.25) is 5.91 Å². The summed E-state index contributed by atoms with van der Waals surface area (Å²) in [6.45, 7) is 5.44. The van der Waals surface area contributed by atoms with Gasteiger partial charge in [0, 0.05) is 6.54 Å². The maximum Gasteiger partial charge on any atom is 0.328 e. The Labute approximate surface area is 102 Å². The SMILES string of the molecule is COC(=O)C(NC(=O)C1CCCNC1)C(C)C. The maximum absolute atomic E-state index is 12.0. The third-order valence-corrected chi connectivity index (χ3v) is 3.09. The van der Waals surface area contributed by atoms with Crippen molar-refractivity contribution >= 4 is 11.9 Å². The minimum Gasteiger partial charge on any atom is -0.467 e. The lowest BCUT2D eigenvalue weighted by Gasteiger charge is -2.26. The first-order chi connectivity index (χ1) is 8.06. The fraction of sp³-hybridized carbons (Fsp3) is 0.833. The molecule has 0 spiro atoms. The van der Waals surface area contributed by atoms with Gasteiger partial charge in [-0.2, -0.15) is 0 Å². The molecule has 98 valence electrons. The Morgan fingerprint density at radius 1 is 1.41 bits per heavy atom. The average Bonchev–Trinajstić information content (AvgIpc) is 2.35. The summed E-state index contributed by atoms with van der Waals surface area (Å²) >= 11 is 0. The molecule has 0 aliphatic carbocycles. The van der Waals surface area contributed by atoms with Crippen LogP contribution in [-0.4, -0.2) is 38.1 Å². The summed E-state index contributed by atoms with van der Waals surface area (Å²) in [6, 6.07) is -0.547. The lowest BCUT2D eigenvalue weighted by molar-refractivity contribution is -0.147. The van der Waals surface area contributed by atoms with Crippen LogP contribution in [0.5, 0.6) is 0 Å². The highest BCUT2D eigenvalue weighted by molar-refractivity contribution is 5.86. The Bertz CT molecular complexity index is 273. The number of carbonyl (C=O) groups excluding carboxylic acids is 2. The van der Waals surface area contributed by atoms with E-state index in [0.29, 0.717) is 6.54 Å². The summed E-state index contributed by atoms with van der Waals surface area (Å²) < 4.78 is 4.69. The second-order valence-corrected chi connectivity index (χ2v) is 4.80. The normalized spacial score (nSPS) is 22.0. The molecule has 2 unspecified atom stereocenters. The lowest BCUT2D eigenvalue weighted by atomic mass is 9.97. The minimum atomic E-state index is -0.547. The van der Waals surface area contributed by atoms with E-state index in [1.54, 1.807) is 0 Å². The van der Waals surface area contributed by atoms with Crippen molar-refractivity contribution in [3.63, 3.8) is 0 Å². The van der Waals surface area contributed by atoms with E-state index in [1.807, 2.05) is 13.8 Å². The van der Waals surface area contributed by atoms with Gasteiger partial charge in [-0.1, -0.05) is 13.8 Å². The Kier molecular flexibility index (Phi) is 5.41. The van der Waals surface area contributed by atoms with Gasteiger partial charge in [0.25, 0.3) is 0 Å². The maximum atomic E-state index is 12.0. The number of hydrogen-bond donors (Lipinski definition) is 2. The van der Waals surface area contributed by atoms with Gasteiger partial charge in [0.15, 0.2) is 0 Å². The first kappa shape index (κ1) is 14.0. The second kappa shape index (κ2) is 6.59. The van der Waals surface area contributed by atoms with Crippen molar-refractivity contribution in [1.82, 2.24) is 10.6 Å². The van der Waals surface area contributed by atoms with Crippen molar-refractivity contribution in [2.45, 2.75) is 32.7 Å². The van der Waals surface area contributed by atoms with Crippen LogP contribution in [0, 0.1) is 11.8 Å².